The molecule has 0 aliphatic carbocycles. The summed E-state index contributed by atoms with van der Waals surface area (Å²) in [6, 6.07) is -0.226. The highest BCUT2D eigenvalue weighted by molar-refractivity contribution is 5.85. The van der Waals surface area contributed by atoms with Gasteiger partial charge >= 0.3 is 0 Å². The third kappa shape index (κ3) is 3.08. The number of nitrogens with two attached hydrogens (primary N) is 1. The van der Waals surface area contributed by atoms with Gasteiger partial charge in [-0.15, -0.1) is 12.4 Å². The van der Waals surface area contributed by atoms with Crippen molar-refractivity contribution in [3.05, 3.63) is 34.9 Å². The van der Waals surface area contributed by atoms with Crippen LogP contribution in [0.3, 0.4) is 0 Å². The van der Waals surface area contributed by atoms with Crippen LogP contribution in [0.4, 0.5) is 17.6 Å². The second-order valence-electron chi connectivity index (χ2n) is 3.49. The number of aliphatic hydroxyl groups excluding tert-OH is 1. The molecule has 1 aromatic carbocycles. The number of benzene rings is 1. The summed E-state index contributed by atoms with van der Waals surface area (Å²) in [7, 11) is 0. The van der Waals surface area contributed by atoms with Gasteiger partial charge in [0.25, 0.3) is 5.92 Å². The van der Waals surface area contributed by atoms with E-state index in [9.17, 15) is 17.6 Å². The Morgan fingerprint density at radius 3 is 2.35 bits per heavy atom. The van der Waals surface area contributed by atoms with Gasteiger partial charge in [-0.25, -0.2) is 17.6 Å². The van der Waals surface area contributed by atoms with Crippen molar-refractivity contribution in [1.82, 2.24) is 0 Å². The molecular formula is C10H12ClF4NO. The van der Waals surface area contributed by atoms with Crippen LogP contribution in [-0.4, -0.2) is 17.6 Å². The van der Waals surface area contributed by atoms with E-state index in [4.69, 9.17) is 10.8 Å². The molecule has 17 heavy (non-hydrogen) atoms. The van der Waals surface area contributed by atoms with Gasteiger partial charge < -0.3 is 10.8 Å². The number of hydrogen-bond donors (Lipinski definition) is 2. The Labute approximate surface area is 102 Å². The highest BCUT2D eigenvalue weighted by Crippen LogP contribution is 2.32. The highest BCUT2D eigenvalue weighted by atomic mass is 35.5. The van der Waals surface area contributed by atoms with Crippen LogP contribution < -0.4 is 5.73 Å². The van der Waals surface area contributed by atoms with Crippen LogP contribution >= 0.6 is 12.4 Å². The summed E-state index contributed by atoms with van der Waals surface area (Å²) in [5, 5.41) is 8.40. The Hall–Kier alpha value is -0.850. The van der Waals surface area contributed by atoms with Gasteiger partial charge in [-0.2, -0.15) is 0 Å². The van der Waals surface area contributed by atoms with Crippen LogP contribution in [0.1, 0.15) is 17.2 Å². The molecule has 2 nitrogen and oxygen atoms in total. The molecule has 1 atom stereocenters. The number of alkyl halides is 2. The first kappa shape index (κ1) is 16.1. The Bertz CT molecular complexity index is 400. The third-order valence-corrected chi connectivity index (χ3v) is 2.30. The van der Waals surface area contributed by atoms with Crippen LogP contribution in [0, 0.1) is 18.6 Å². The molecule has 0 saturated carbocycles. The zero-order chi connectivity index (χ0) is 12.5. The summed E-state index contributed by atoms with van der Waals surface area (Å²) in [6.07, 6.45) is 0. The quantitative estimate of drug-likeness (QED) is 0.830. The number of aryl methyl sites for hydroxylation is 1. The lowest BCUT2D eigenvalue weighted by Crippen LogP contribution is -2.37. The number of hydrogen-bond acceptors (Lipinski definition) is 2. The zero-order valence-corrected chi connectivity index (χ0v) is 9.70. The van der Waals surface area contributed by atoms with E-state index in [1.165, 1.54) is 6.92 Å². The molecule has 1 rings (SSSR count). The van der Waals surface area contributed by atoms with Crippen LogP contribution in [0.25, 0.3) is 0 Å². The molecule has 1 aromatic rings. The summed E-state index contributed by atoms with van der Waals surface area (Å²) >= 11 is 0. The van der Waals surface area contributed by atoms with E-state index in [2.05, 4.69) is 0 Å². The first-order chi connectivity index (χ1) is 7.31. The first-order valence-electron chi connectivity index (χ1n) is 4.50. The molecule has 0 spiro atoms. The summed E-state index contributed by atoms with van der Waals surface area (Å²) in [5.41, 5.74) is 4.17. The van der Waals surface area contributed by atoms with Gasteiger partial charge in [0.05, 0.1) is 0 Å². The smallest absolute Gasteiger partial charge is 0.289 e. The SMILES string of the molecule is Cc1ccc(F)c([C@@H](N)C(F)(F)CO)c1F.Cl. The van der Waals surface area contributed by atoms with Crippen molar-refractivity contribution < 1.29 is 22.7 Å². The largest absolute Gasteiger partial charge is 0.390 e. The fourth-order valence-electron chi connectivity index (χ4n) is 1.27. The average molecular weight is 274 g/mol. The van der Waals surface area contributed by atoms with Crippen LogP contribution in [0.15, 0.2) is 12.1 Å². The lowest BCUT2D eigenvalue weighted by atomic mass is 9.98. The van der Waals surface area contributed by atoms with Gasteiger partial charge in [0.2, 0.25) is 0 Å². The van der Waals surface area contributed by atoms with Gasteiger partial charge in [0.1, 0.15) is 24.3 Å². The van der Waals surface area contributed by atoms with E-state index in [0.29, 0.717) is 0 Å². The third-order valence-electron chi connectivity index (χ3n) is 2.30. The summed E-state index contributed by atoms with van der Waals surface area (Å²) in [6.45, 7) is -0.261. The van der Waals surface area contributed by atoms with E-state index in [1.54, 1.807) is 0 Å². The topological polar surface area (TPSA) is 46.2 Å². The molecule has 0 amide bonds. The fourth-order valence-corrected chi connectivity index (χ4v) is 1.27. The second kappa shape index (κ2) is 5.66. The first-order valence-corrected chi connectivity index (χ1v) is 4.50. The van der Waals surface area contributed by atoms with Crippen molar-refractivity contribution >= 4 is 12.4 Å². The monoisotopic (exact) mass is 273 g/mol. The Balaban J connectivity index is 0.00000256. The van der Waals surface area contributed by atoms with Crippen molar-refractivity contribution in [3.63, 3.8) is 0 Å². The average Bonchev–Trinajstić information content (AvgIpc) is 2.24. The summed E-state index contributed by atoms with van der Waals surface area (Å²) < 4.78 is 52.7. The van der Waals surface area contributed by atoms with Gasteiger partial charge in [-0.1, -0.05) is 6.07 Å². The lowest BCUT2D eigenvalue weighted by Gasteiger charge is -2.22. The summed E-state index contributed by atoms with van der Waals surface area (Å²) in [4.78, 5) is 0. The summed E-state index contributed by atoms with van der Waals surface area (Å²) in [5.74, 6) is -6.03. The molecule has 0 saturated heterocycles. The highest BCUT2D eigenvalue weighted by Gasteiger charge is 2.40. The molecular weight excluding hydrogens is 262 g/mol. The predicted molar refractivity (Wildman–Crippen MR) is 57.3 cm³/mol. The van der Waals surface area contributed by atoms with E-state index < -0.39 is 35.8 Å². The maximum atomic E-state index is 13.4. The number of halogens is 5. The minimum Gasteiger partial charge on any atom is -0.390 e. The molecule has 98 valence electrons. The predicted octanol–water partition coefficient (Wildman–Crippen LogP) is 2.32. The molecule has 0 bridgehead atoms. The molecule has 0 aliphatic rings. The molecule has 0 aromatic heterocycles. The minimum atomic E-state index is -3.77. The van der Waals surface area contributed by atoms with Crippen molar-refractivity contribution in [1.29, 1.82) is 0 Å². The number of rotatable bonds is 3. The van der Waals surface area contributed by atoms with Crippen LogP contribution in [0.2, 0.25) is 0 Å². The minimum absolute atomic E-state index is 0. The Morgan fingerprint density at radius 2 is 1.88 bits per heavy atom. The Kier molecular flexibility index (Phi) is 5.38. The number of aliphatic hydroxyl groups is 1. The van der Waals surface area contributed by atoms with Crippen molar-refractivity contribution in [2.24, 2.45) is 5.73 Å². The molecule has 0 radical (unpaired) electrons. The lowest BCUT2D eigenvalue weighted by molar-refractivity contribution is -0.0726. The van der Waals surface area contributed by atoms with Gasteiger partial charge in [-0.05, 0) is 18.6 Å². The fraction of sp³-hybridized carbons (Fsp3) is 0.400. The standard InChI is InChI=1S/C10H11F4NO.ClH/c1-5-2-3-6(11)7(8(5)12)9(15)10(13,14)4-16;/h2-3,9,16H,4,15H2,1H3;1H/t9-;/m1./s1. The Morgan fingerprint density at radius 1 is 1.35 bits per heavy atom. The van der Waals surface area contributed by atoms with E-state index in [-0.39, 0.29) is 18.0 Å². The van der Waals surface area contributed by atoms with Crippen molar-refractivity contribution in [3.8, 4) is 0 Å². The normalized spacial score (nSPS) is 13.1. The molecule has 7 heteroatoms. The molecule has 3 N–H and O–H groups in total. The van der Waals surface area contributed by atoms with Gasteiger partial charge in [-0.3, -0.25) is 0 Å². The zero-order valence-electron chi connectivity index (χ0n) is 8.88. The molecule has 0 heterocycles. The van der Waals surface area contributed by atoms with Crippen molar-refractivity contribution in [2.75, 3.05) is 6.61 Å². The molecule has 0 aliphatic heterocycles. The van der Waals surface area contributed by atoms with Crippen LogP contribution in [-0.2, 0) is 0 Å². The van der Waals surface area contributed by atoms with E-state index >= 15 is 0 Å². The second-order valence-corrected chi connectivity index (χ2v) is 3.49. The molecule has 0 unspecified atom stereocenters. The van der Waals surface area contributed by atoms with E-state index in [0.717, 1.165) is 12.1 Å². The van der Waals surface area contributed by atoms with Gasteiger partial charge in [0, 0.05) is 5.56 Å². The maximum absolute atomic E-state index is 13.4. The maximum Gasteiger partial charge on any atom is 0.289 e. The van der Waals surface area contributed by atoms with Crippen molar-refractivity contribution in [2.45, 2.75) is 18.9 Å². The van der Waals surface area contributed by atoms with Crippen LogP contribution in [0.5, 0.6) is 0 Å². The molecule has 0 fully saturated rings. The van der Waals surface area contributed by atoms with Gasteiger partial charge in [0.15, 0.2) is 0 Å². The van der Waals surface area contributed by atoms with E-state index in [1.807, 2.05) is 0 Å².